The standard InChI is InChI=1S/C16H17Br2NO2/c17-14-7-12(8-15(18)16(14)21)9-19-13(10-20)6-11-4-2-1-3-5-11/h1-5,7-8,13,19-21H,6,9-10H2/t13-/m1/s1. The second kappa shape index (κ2) is 7.94. The molecule has 21 heavy (non-hydrogen) atoms. The highest BCUT2D eigenvalue weighted by molar-refractivity contribution is 9.11. The van der Waals surface area contributed by atoms with Crippen molar-refractivity contribution in [2.24, 2.45) is 0 Å². The van der Waals surface area contributed by atoms with Gasteiger partial charge in [0.1, 0.15) is 5.75 Å². The third-order valence-corrected chi connectivity index (χ3v) is 4.43. The highest BCUT2D eigenvalue weighted by atomic mass is 79.9. The summed E-state index contributed by atoms with van der Waals surface area (Å²) in [6.07, 6.45) is 0.776. The van der Waals surface area contributed by atoms with Crippen LogP contribution in [-0.2, 0) is 13.0 Å². The lowest BCUT2D eigenvalue weighted by molar-refractivity contribution is 0.241. The Morgan fingerprint density at radius 1 is 1.00 bits per heavy atom. The molecule has 0 amide bonds. The van der Waals surface area contributed by atoms with Crippen LogP contribution in [0.25, 0.3) is 0 Å². The Hall–Kier alpha value is -0.880. The van der Waals surface area contributed by atoms with Gasteiger partial charge in [-0.2, -0.15) is 0 Å². The van der Waals surface area contributed by atoms with E-state index >= 15 is 0 Å². The van der Waals surface area contributed by atoms with Crippen molar-refractivity contribution in [3.05, 3.63) is 62.5 Å². The number of halogens is 2. The van der Waals surface area contributed by atoms with Crippen molar-refractivity contribution in [2.45, 2.75) is 19.0 Å². The number of phenolic OH excluding ortho intramolecular Hbond substituents is 1. The molecule has 2 rings (SSSR count). The van der Waals surface area contributed by atoms with Gasteiger partial charge in [0.25, 0.3) is 0 Å². The van der Waals surface area contributed by atoms with Gasteiger partial charge in [-0.25, -0.2) is 0 Å². The van der Waals surface area contributed by atoms with Gasteiger partial charge in [-0.15, -0.1) is 0 Å². The van der Waals surface area contributed by atoms with Crippen molar-refractivity contribution in [1.82, 2.24) is 5.32 Å². The van der Waals surface area contributed by atoms with Crippen molar-refractivity contribution >= 4 is 31.9 Å². The lowest BCUT2D eigenvalue weighted by Crippen LogP contribution is -2.34. The summed E-state index contributed by atoms with van der Waals surface area (Å²) < 4.78 is 1.30. The van der Waals surface area contributed by atoms with Crippen molar-refractivity contribution in [2.75, 3.05) is 6.61 Å². The molecule has 0 aliphatic heterocycles. The van der Waals surface area contributed by atoms with Gasteiger partial charge in [-0.1, -0.05) is 30.3 Å². The van der Waals surface area contributed by atoms with Crippen LogP contribution in [0.4, 0.5) is 0 Å². The van der Waals surface area contributed by atoms with Crippen LogP contribution in [0, 0.1) is 0 Å². The first-order valence-corrected chi connectivity index (χ1v) is 8.24. The average Bonchev–Trinajstić information content (AvgIpc) is 2.49. The number of rotatable bonds is 6. The molecule has 0 aromatic heterocycles. The predicted octanol–water partition coefficient (Wildman–Crippen LogP) is 3.61. The number of aliphatic hydroxyl groups excluding tert-OH is 1. The largest absolute Gasteiger partial charge is 0.506 e. The fraction of sp³-hybridized carbons (Fsp3) is 0.250. The highest BCUT2D eigenvalue weighted by Crippen LogP contribution is 2.33. The van der Waals surface area contributed by atoms with E-state index in [1.165, 1.54) is 5.56 Å². The highest BCUT2D eigenvalue weighted by Gasteiger charge is 2.10. The van der Waals surface area contributed by atoms with Crippen molar-refractivity contribution < 1.29 is 10.2 Å². The summed E-state index contributed by atoms with van der Waals surface area (Å²) in [6, 6.07) is 13.8. The third kappa shape index (κ3) is 4.81. The number of phenols is 1. The quantitative estimate of drug-likeness (QED) is 0.676. The second-order valence-electron chi connectivity index (χ2n) is 4.86. The molecule has 0 aliphatic carbocycles. The molecule has 0 heterocycles. The van der Waals surface area contributed by atoms with Crippen LogP contribution in [0.1, 0.15) is 11.1 Å². The molecule has 5 heteroatoms. The minimum absolute atomic E-state index is 0.00115. The Morgan fingerprint density at radius 2 is 1.62 bits per heavy atom. The maximum Gasteiger partial charge on any atom is 0.143 e. The van der Waals surface area contributed by atoms with E-state index in [1.54, 1.807) is 0 Å². The summed E-state index contributed by atoms with van der Waals surface area (Å²) in [7, 11) is 0. The Kier molecular flexibility index (Phi) is 6.23. The van der Waals surface area contributed by atoms with Gasteiger partial charge in [0.15, 0.2) is 0 Å². The Bertz CT molecular complexity index is 567. The molecule has 0 radical (unpaired) electrons. The Balaban J connectivity index is 1.97. The SMILES string of the molecule is OC[C@@H](Cc1ccccc1)NCc1cc(Br)c(O)c(Br)c1. The van der Waals surface area contributed by atoms with E-state index in [-0.39, 0.29) is 18.4 Å². The zero-order valence-electron chi connectivity index (χ0n) is 11.4. The zero-order valence-corrected chi connectivity index (χ0v) is 14.6. The van der Waals surface area contributed by atoms with Gasteiger partial charge in [0.05, 0.1) is 15.6 Å². The fourth-order valence-corrected chi connectivity index (χ4v) is 3.36. The number of hydrogen-bond acceptors (Lipinski definition) is 3. The number of aromatic hydroxyl groups is 1. The first-order valence-electron chi connectivity index (χ1n) is 6.65. The van der Waals surface area contributed by atoms with Crippen LogP contribution in [0.5, 0.6) is 5.75 Å². The summed E-state index contributed by atoms with van der Waals surface area (Å²) in [5.41, 5.74) is 2.22. The normalized spacial score (nSPS) is 12.3. The zero-order chi connectivity index (χ0) is 15.2. The van der Waals surface area contributed by atoms with E-state index in [0.29, 0.717) is 15.5 Å². The van der Waals surface area contributed by atoms with Gasteiger partial charge < -0.3 is 15.5 Å². The molecule has 0 aliphatic rings. The summed E-state index contributed by atoms with van der Waals surface area (Å²) in [5, 5.41) is 22.5. The molecule has 0 bridgehead atoms. The lowest BCUT2D eigenvalue weighted by atomic mass is 10.1. The van der Waals surface area contributed by atoms with Crippen LogP contribution >= 0.6 is 31.9 Å². The Labute approximate surface area is 141 Å². The van der Waals surface area contributed by atoms with Gasteiger partial charge in [0, 0.05) is 12.6 Å². The number of aliphatic hydroxyl groups is 1. The minimum atomic E-state index is -0.00115. The van der Waals surface area contributed by atoms with Crippen LogP contribution in [-0.4, -0.2) is 22.9 Å². The number of hydrogen-bond donors (Lipinski definition) is 3. The number of nitrogens with one attached hydrogen (secondary N) is 1. The molecule has 0 fully saturated rings. The summed E-state index contributed by atoms with van der Waals surface area (Å²) >= 11 is 6.64. The van der Waals surface area contributed by atoms with E-state index in [2.05, 4.69) is 49.3 Å². The molecule has 3 nitrogen and oxygen atoms in total. The fourth-order valence-electron chi connectivity index (χ4n) is 2.08. The molecule has 0 unspecified atom stereocenters. The first-order chi connectivity index (χ1) is 10.1. The first kappa shape index (κ1) is 16.5. The monoisotopic (exact) mass is 413 g/mol. The van der Waals surface area contributed by atoms with Crippen molar-refractivity contribution in [3.8, 4) is 5.75 Å². The maximum atomic E-state index is 9.70. The molecule has 3 N–H and O–H groups in total. The van der Waals surface area contributed by atoms with Crippen LogP contribution in [0.3, 0.4) is 0 Å². The van der Waals surface area contributed by atoms with Crippen molar-refractivity contribution in [3.63, 3.8) is 0 Å². The van der Waals surface area contributed by atoms with Gasteiger partial charge in [0.2, 0.25) is 0 Å². The molecule has 112 valence electrons. The summed E-state index contributed by atoms with van der Waals surface area (Å²) in [4.78, 5) is 0. The minimum Gasteiger partial charge on any atom is -0.506 e. The predicted molar refractivity (Wildman–Crippen MR) is 91.4 cm³/mol. The molecular formula is C16H17Br2NO2. The molecule has 0 saturated carbocycles. The van der Waals surface area contributed by atoms with Gasteiger partial charge >= 0.3 is 0 Å². The third-order valence-electron chi connectivity index (χ3n) is 3.22. The summed E-state index contributed by atoms with van der Waals surface area (Å²) in [6.45, 7) is 0.699. The topological polar surface area (TPSA) is 52.5 Å². The van der Waals surface area contributed by atoms with E-state index < -0.39 is 0 Å². The molecule has 0 saturated heterocycles. The molecule has 1 atom stereocenters. The van der Waals surface area contributed by atoms with Gasteiger partial charge in [-0.3, -0.25) is 0 Å². The molecule has 2 aromatic carbocycles. The van der Waals surface area contributed by atoms with E-state index in [9.17, 15) is 10.2 Å². The van der Waals surface area contributed by atoms with Crippen LogP contribution in [0.2, 0.25) is 0 Å². The molecule has 0 spiro atoms. The van der Waals surface area contributed by atoms with E-state index in [0.717, 1.165) is 12.0 Å². The second-order valence-corrected chi connectivity index (χ2v) is 6.57. The number of benzene rings is 2. The summed E-state index contributed by atoms with van der Waals surface area (Å²) in [5.74, 6) is 0.196. The molecular weight excluding hydrogens is 398 g/mol. The van der Waals surface area contributed by atoms with E-state index in [1.807, 2.05) is 30.3 Å². The maximum absolute atomic E-state index is 9.70. The lowest BCUT2D eigenvalue weighted by Gasteiger charge is -2.17. The average molecular weight is 415 g/mol. The van der Waals surface area contributed by atoms with Crippen LogP contribution < -0.4 is 5.32 Å². The Morgan fingerprint density at radius 3 is 2.19 bits per heavy atom. The smallest absolute Gasteiger partial charge is 0.143 e. The van der Waals surface area contributed by atoms with E-state index in [4.69, 9.17) is 0 Å². The molecule has 2 aromatic rings. The van der Waals surface area contributed by atoms with Crippen LogP contribution in [0.15, 0.2) is 51.4 Å². The van der Waals surface area contributed by atoms with Crippen molar-refractivity contribution in [1.29, 1.82) is 0 Å². The van der Waals surface area contributed by atoms with Gasteiger partial charge in [-0.05, 0) is 61.5 Å².